The van der Waals surface area contributed by atoms with Gasteiger partial charge in [0.2, 0.25) is 5.95 Å². The fourth-order valence-electron chi connectivity index (χ4n) is 2.65. The highest BCUT2D eigenvalue weighted by Crippen LogP contribution is 2.18. The Hall–Kier alpha value is -3.32. The van der Waals surface area contributed by atoms with Crippen LogP contribution in [0, 0.1) is 0 Å². The maximum Gasteiger partial charge on any atom is 0.278 e. The second-order valence-corrected chi connectivity index (χ2v) is 6.34. The molecule has 1 N–H and O–H groups in total. The largest absolute Gasteiger partial charge is 0.471 e. The highest BCUT2D eigenvalue weighted by molar-refractivity contribution is 6.30. The summed E-state index contributed by atoms with van der Waals surface area (Å²) in [4.78, 5) is 16.9. The van der Waals surface area contributed by atoms with E-state index in [0.717, 1.165) is 11.0 Å². The lowest BCUT2D eigenvalue weighted by Crippen LogP contribution is -2.16. The number of nitrogens with one attached hydrogen (secondary N) is 1. The SMILES string of the molecule is Cn1c(NC(=O)c2ccn(COc3ccc(Cl)cc3)n2)nc2ccccc21. The van der Waals surface area contributed by atoms with Gasteiger partial charge in [-0.15, -0.1) is 0 Å². The molecule has 2 aromatic carbocycles. The van der Waals surface area contributed by atoms with Crippen molar-refractivity contribution < 1.29 is 9.53 Å². The van der Waals surface area contributed by atoms with Crippen LogP contribution in [0.4, 0.5) is 5.95 Å². The third-order valence-electron chi connectivity index (χ3n) is 4.06. The second-order valence-electron chi connectivity index (χ2n) is 5.91. The van der Waals surface area contributed by atoms with E-state index in [-0.39, 0.29) is 18.3 Å². The Labute approximate surface area is 160 Å². The lowest BCUT2D eigenvalue weighted by molar-refractivity contribution is 0.101. The first-order valence-electron chi connectivity index (χ1n) is 8.25. The summed E-state index contributed by atoms with van der Waals surface area (Å²) < 4.78 is 8.98. The first-order valence-corrected chi connectivity index (χ1v) is 8.62. The quantitative estimate of drug-likeness (QED) is 0.572. The minimum atomic E-state index is -0.335. The van der Waals surface area contributed by atoms with E-state index in [1.54, 1.807) is 41.2 Å². The number of carbonyl (C=O) groups is 1. The molecular formula is C19H16ClN5O2. The predicted molar refractivity (Wildman–Crippen MR) is 103 cm³/mol. The van der Waals surface area contributed by atoms with E-state index in [2.05, 4.69) is 15.4 Å². The van der Waals surface area contributed by atoms with Crippen LogP contribution in [-0.2, 0) is 13.8 Å². The number of ether oxygens (including phenoxy) is 1. The van der Waals surface area contributed by atoms with Crippen molar-refractivity contribution in [1.29, 1.82) is 0 Å². The molecule has 7 nitrogen and oxygen atoms in total. The fourth-order valence-corrected chi connectivity index (χ4v) is 2.78. The number of imidazole rings is 1. The molecule has 2 heterocycles. The van der Waals surface area contributed by atoms with Crippen LogP contribution in [0.15, 0.2) is 60.8 Å². The van der Waals surface area contributed by atoms with E-state index < -0.39 is 0 Å². The van der Waals surface area contributed by atoms with Crippen molar-refractivity contribution in [3.05, 3.63) is 71.5 Å². The summed E-state index contributed by atoms with van der Waals surface area (Å²) in [6.45, 7) is 0.182. The van der Waals surface area contributed by atoms with Crippen LogP contribution in [0.1, 0.15) is 10.5 Å². The summed E-state index contributed by atoms with van der Waals surface area (Å²) in [7, 11) is 1.85. The minimum absolute atomic E-state index is 0.182. The number of fused-ring (bicyclic) bond motifs is 1. The zero-order valence-electron chi connectivity index (χ0n) is 14.5. The molecule has 0 saturated heterocycles. The van der Waals surface area contributed by atoms with Crippen LogP contribution in [-0.4, -0.2) is 25.2 Å². The Morgan fingerprint density at radius 3 is 2.70 bits per heavy atom. The summed E-state index contributed by atoms with van der Waals surface area (Å²) >= 11 is 5.85. The molecule has 0 fully saturated rings. The van der Waals surface area contributed by atoms with Gasteiger partial charge in [0.05, 0.1) is 11.0 Å². The summed E-state index contributed by atoms with van der Waals surface area (Å²) in [5.74, 6) is 0.799. The Bertz CT molecular complexity index is 1100. The molecule has 0 atom stereocenters. The van der Waals surface area contributed by atoms with Gasteiger partial charge in [-0.25, -0.2) is 9.67 Å². The zero-order valence-corrected chi connectivity index (χ0v) is 15.2. The van der Waals surface area contributed by atoms with Gasteiger partial charge in [-0.2, -0.15) is 5.10 Å². The average Bonchev–Trinajstić information content (AvgIpc) is 3.27. The number of halogens is 1. The van der Waals surface area contributed by atoms with Crippen LogP contribution in [0.25, 0.3) is 11.0 Å². The third kappa shape index (κ3) is 3.63. The van der Waals surface area contributed by atoms with Gasteiger partial charge >= 0.3 is 0 Å². The van der Waals surface area contributed by atoms with Crippen LogP contribution in [0.3, 0.4) is 0 Å². The molecule has 0 saturated carbocycles. The van der Waals surface area contributed by atoms with Crippen LogP contribution in [0.2, 0.25) is 5.02 Å². The van der Waals surface area contributed by atoms with Gasteiger partial charge in [0.1, 0.15) is 5.75 Å². The van der Waals surface area contributed by atoms with E-state index in [1.807, 2.05) is 35.9 Å². The molecule has 0 radical (unpaired) electrons. The van der Waals surface area contributed by atoms with Crippen molar-refractivity contribution in [1.82, 2.24) is 19.3 Å². The van der Waals surface area contributed by atoms with Gasteiger partial charge in [0.25, 0.3) is 5.91 Å². The van der Waals surface area contributed by atoms with Crippen molar-refractivity contribution >= 4 is 34.5 Å². The standard InChI is InChI=1S/C19H16ClN5O2/c1-24-17-5-3-2-4-15(17)21-19(24)22-18(26)16-10-11-25(23-16)12-27-14-8-6-13(20)7-9-14/h2-11H,12H2,1H3,(H,21,22,26). The maximum absolute atomic E-state index is 12.5. The number of para-hydroxylation sites is 2. The number of hydrogen-bond acceptors (Lipinski definition) is 4. The smallest absolute Gasteiger partial charge is 0.278 e. The summed E-state index contributed by atoms with van der Waals surface area (Å²) in [5.41, 5.74) is 2.04. The van der Waals surface area contributed by atoms with Crippen molar-refractivity contribution in [2.45, 2.75) is 6.73 Å². The second kappa shape index (κ2) is 7.13. The highest BCUT2D eigenvalue weighted by Gasteiger charge is 2.14. The molecule has 0 aliphatic rings. The Morgan fingerprint density at radius 1 is 1.15 bits per heavy atom. The number of hydrogen-bond donors (Lipinski definition) is 1. The molecular weight excluding hydrogens is 366 g/mol. The lowest BCUT2D eigenvalue weighted by atomic mass is 10.3. The van der Waals surface area contributed by atoms with Gasteiger partial charge in [-0.05, 0) is 42.5 Å². The summed E-state index contributed by atoms with van der Waals surface area (Å²) in [5, 5.41) is 7.67. The molecule has 0 aliphatic heterocycles. The van der Waals surface area contributed by atoms with E-state index in [4.69, 9.17) is 16.3 Å². The van der Waals surface area contributed by atoms with Crippen LogP contribution < -0.4 is 10.1 Å². The number of rotatable bonds is 5. The first kappa shape index (κ1) is 17.1. The van der Waals surface area contributed by atoms with Crippen molar-refractivity contribution in [3.8, 4) is 5.75 Å². The van der Waals surface area contributed by atoms with E-state index in [1.165, 1.54) is 0 Å². The molecule has 1 amide bonds. The molecule has 4 aromatic rings. The molecule has 0 aliphatic carbocycles. The summed E-state index contributed by atoms with van der Waals surface area (Å²) in [6.07, 6.45) is 1.68. The maximum atomic E-state index is 12.5. The monoisotopic (exact) mass is 381 g/mol. The van der Waals surface area contributed by atoms with Gasteiger partial charge in [-0.1, -0.05) is 23.7 Å². The predicted octanol–water partition coefficient (Wildman–Crippen LogP) is 3.71. The van der Waals surface area contributed by atoms with Crippen LogP contribution in [0.5, 0.6) is 5.75 Å². The highest BCUT2D eigenvalue weighted by atomic mass is 35.5. The number of carbonyl (C=O) groups excluding carboxylic acids is 1. The third-order valence-corrected chi connectivity index (χ3v) is 4.31. The molecule has 0 unspecified atom stereocenters. The number of anilines is 1. The molecule has 27 heavy (non-hydrogen) atoms. The van der Waals surface area contributed by atoms with Gasteiger partial charge in [0.15, 0.2) is 12.4 Å². The van der Waals surface area contributed by atoms with Crippen molar-refractivity contribution in [2.24, 2.45) is 7.05 Å². The lowest BCUT2D eigenvalue weighted by Gasteiger charge is -2.06. The van der Waals surface area contributed by atoms with Crippen LogP contribution >= 0.6 is 11.6 Å². The van der Waals surface area contributed by atoms with Gasteiger partial charge < -0.3 is 9.30 Å². The Balaban J connectivity index is 1.43. The molecule has 8 heteroatoms. The molecule has 4 rings (SSSR count). The molecule has 136 valence electrons. The van der Waals surface area contributed by atoms with Crippen molar-refractivity contribution in [3.63, 3.8) is 0 Å². The number of nitrogens with zero attached hydrogens (tertiary/aromatic N) is 4. The Morgan fingerprint density at radius 2 is 1.93 bits per heavy atom. The van der Waals surface area contributed by atoms with Crippen molar-refractivity contribution in [2.75, 3.05) is 5.32 Å². The van der Waals surface area contributed by atoms with E-state index in [0.29, 0.717) is 16.7 Å². The molecule has 2 aromatic heterocycles. The van der Waals surface area contributed by atoms with E-state index >= 15 is 0 Å². The molecule has 0 spiro atoms. The van der Waals surface area contributed by atoms with Gasteiger partial charge in [0, 0.05) is 18.3 Å². The fraction of sp³-hybridized carbons (Fsp3) is 0.105. The number of aromatic nitrogens is 4. The minimum Gasteiger partial charge on any atom is -0.471 e. The zero-order chi connectivity index (χ0) is 18.8. The van der Waals surface area contributed by atoms with E-state index in [9.17, 15) is 4.79 Å². The number of aryl methyl sites for hydroxylation is 1. The number of amides is 1. The number of benzene rings is 2. The normalized spacial score (nSPS) is 10.9. The molecule has 0 bridgehead atoms. The topological polar surface area (TPSA) is 74.0 Å². The summed E-state index contributed by atoms with van der Waals surface area (Å²) in [6, 6.07) is 16.3. The first-order chi connectivity index (χ1) is 13.1. The Kier molecular flexibility index (Phi) is 4.52. The average molecular weight is 382 g/mol. The van der Waals surface area contributed by atoms with Gasteiger partial charge in [-0.3, -0.25) is 10.1 Å².